The van der Waals surface area contributed by atoms with Crippen LogP contribution in [-0.2, 0) is 6.54 Å². The smallest absolute Gasteiger partial charge is 0.261 e. The summed E-state index contributed by atoms with van der Waals surface area (Å²) in [7, 11) is 4.05. The minimum absolute atomic E-state index is 0.214. The largest absolute Gasteiger partial charge is 0.494 e. The molecule has 0 atom stereocenters. The van der Waals surface area contributed by atoms with Crippen LogP contribution in [0.1, 0.15) is 32.7 Å². The molecule has 1 aliphatic heterocycles. The predicted octanol–water partition coefficient (Wildman–Crippen LogP) is 2.81. The zero-order valence-electron chi connectivity index (χ0n) is 14.6. The summed E-state index contributed by atoms with van der Waals surface area (Å²) >= 11 is 0. The van der Waals surface area contributed by atoms with E-state index in [4.69, 9.17) is 4.74 Å². The van der Waals surface area contributed by atoms with E-state index in [1.807, 2.05) is 32.3 Å². The zero-order valence-corrected chi connectivity index (χ0v) is 14.6. The van der Waals surface area contributed by atoms with Gasteiger partial charge in [0.05, 0.1) is 17.7 Å². The van der Waals surface area contributed by atoms with Gasteiger partial charge in [0.15, 0.2) is 0 Å². The molecule has 0 aromatic heterocycles. The van der Waals surface area contributed by atoms with Crippen molar-refractivity contribution in [2.75, 3.05) is 27.2 Å². The minimum Gasteiger partial charge on any atom is -0.494 e. The normalized spacial score (nSPS) is 13.5. The third-order valence-corrected chi connectivity index (χ3v) is 4.07. The Morgan fingerprint density at radius 3 is 2.28 bits per heavy atom. The Bertz CT molecular complexity index is 751. The number of hydrogen-bond donors (Lipinski definition) is 0. The number of carbonyl (C=O) groups excluding carboxylic acids is 2. The summed E-state index contributed by atoms with van der Waals surface area (Å²) in [5.74, 6) is 0.379. The predicted molar refractivity (Wildman–Crippen MR) is 95.8 cm³/mol. The second-order valence-electron chi connectivity index (χ2n) is 6.39. The monoisotopic (exact) mass is 338 g/mol. The van der Waals surface area contributed by atoms with Crippen molar-refractivity contribution in [3.8, 4) is 5.75 Å². The van der Waals surface area contributed by atoms with E-state index in [0.29, 0.717) is 30.7 Å². The number of carbonyl (C=O) groups is 2. The lowest BCUT2D eigenvalue weighted by Crippen LogP contribution is -2.31. The lowest BCUT2D eigenvalue weighted by molar-refractivity contribution is 0.0647. The number of ether oxygens (including phenoxy) is 1. The summed E-state index contributed by atoms with van der Waals surface area (Å²) < 4.78 is 5.77. The fourth-order valence-corrected chi connectivity index (χ4v) is 2.95. The van der Waals surface area contributed by atoms with Gasteiger partial charge in [0.25, 0.3) is 11.8 Å². The van der Waals surface area contributed by atoms with Crippen molar-refractivity contribution >= 4 is 11.8 Å². The fraction of sp³-hybridized carbons (Fsp3) is 0.300. The molecule has 0 saturated carbocycles. The van der Waals surface area contributed by atoms with E-state index in [1.54, 1.807) is 24.3 Å². The average Bonchev–Trinajstić information content (AvgIpc) is 2.83. The van der Waals surface area contributed by atoms with Crippen LogP contribution in [0.25, 0.3) is 0 Å². The van der Waals surface area contributed by atoms with Crippen LogP contribution in [0.3, 0.4) is 0 Å². The van der Waals surface area contributed by atoms with E-state index in [-0.39, 0.29) is 11.8 Å². The van der Waals surface area contributed by atoms with Crippen molar-refractivity contribution in [1.82, 2.24) is 9.80 Å². The van der Waals surface area contributed by atoms with Gasteiger partial charge in [-0.15, -0.1) is 0 Å². The number of rotatable bonds is 7. The topological polar surface area (TPSA) is 49.9 Å². The van der Waals surface area contributed by atoms with Crippen LogP contribution in [0, 0.1) is 0 Å². The molecular formula is C20H22N2O3. The Hall–Kier alpha value is -2.66. The molecule has 1 heterocycles. The molecule has 0 spiro atoms. The maximum atomic E-state index is 12.3. The van der Waals surface area contributed by atoms with Gasteiger partial charge in [-0.1, -0.05) is 24.3 Å². The summed E-state index contributed by atoms with van der Waals surface area (Å²) in [4.78, 5) is 28.0. The third kappa shape index (κ3) is 3.88. The van der Waals surface area contributed by atoms with E-state index >= 15 is 0 Å². The Kier molecular flexibility index (Phi) is 5.14. The van der Waals surface area contributed by atoms with Gasteiger partial charge in [-0.25, -0.2) is 0 Å². The SMILES string of the molecule is CN(C)Cc1cccc(OCCCN2C(=O)c3ccccc3C2=O)c1. The molecule has 0 bridgehead atoms. The molecular weight excluding hydrogens is 316 g/mol. The molecule has 2 amide bonds. The van der Waals surface area contributed by atoms with Crippen LogP contribution in [0.5, 0.6) is 5.75 Å². The Balaban J connectivity index is 1.51. The van der Waals surface area contributed by atoms with Crippen LogP contribution in [0.4, 0.5) is 0 Å². The second-order valence-corrected chi connectivity index (χ2v) is 6.39. The summed E-state index contributed by atoms with van der Waals surface area (Å²) in [6.07, 6.45) is 0.601. The van der Waals surface area contributed by atoms with Crippen LogP contribution >= 0.6 is 0 Å². The molecule has 2 aromatic rings. The highest BCUT2D eigenvalue weighted by Gasteiger charge is 2.34. The molecule has 5 nitrogen and oxygen atoms in total. The Morgan fingerprint density at radius 1 is 0.960 bits per heavy atom. The van der Waals surface area contributed by atoms with Gasteiger partial charge >= 0.3 is 0 Å². The molecule has 5 heteroatoms. The fourth-order valence-electron chi connectivity index (χ4n) is 2.95. The van der Waals surface area contributed by atoms with Crippen LogP contribution < -0.4 is 4.74 Å². The van der Waals surface area contributed by atoms with Crippen molar-refractivity contribution in [2.24, 2.45) is 0 Å². The highest BCUT2D eigenvalue weighted by atomic mass is 16.5. The number of benzene rings is 2. The van der Waals surface area contributed by atoms with E-state index in [2.05, 4.69) is 11.0 Å². The summed E-state index contributed by atoms with van der Waals surface area (Å²) in [5, 5.41) is 0. The van der Waals surface area contributed by atoms with Crippen molar-refractivity contribution in [1.29, 1.82) is 0 Å². The highest BCUT2D eigenvalue weighted by molar-refractivity contribution is 6.21. The first-order chi connectivity index (χ1) is 12.1. The van der Waals surface area contributed by atoms with Crippen molar-refractivity contribution < 1.29 is 14.3 Å². The van der Waals surface area contributed by atoms with E-state index in [0.717, 1.165) is 12.3 Å². The summed E-state index contributed by atoms with van der Waals surface area (Å²) in [6, 6.07) is 14.9. The van der Waals surface area contributed by atoms with Gasteiger partial charge in [0.1, 0.15) is 5.75 Å². The molecule has 0 saturated heterocycles. The molecule has 0 unspecified atom stereocenters. The van der Waals surface area contributed by atoms with Crippen LogP contribution in [0.2, 0.25) is 0 Å². The molecule has 0 radical (unpaired) electrons. The molecule has 25 heavy (non-hydrogen) atoms. The summed E-state index contributed by atoms with van der Waals surface area (Å²) in [5.41, 5.74) is 2.16. The molecule has 130 valence electrons. The number of imide groups is 1. The quantitative estimate of drug-likeness (QED) is 0.575. The summed E-state index contributed by atoms with van der Waals surface area (Å²) in [6.45, 7) is 1.68. The van der Waals surface area contributed by atoms with E-state index < -0.39 is 0 Å². The molecule has 0 aliphatic carbocycles. The number of hydrogen-bond acceptors (Lipinski definition) is 4. The van der Waals surface area contributed by atoms with Gasteiger partial charge in [-0.05, 0) is 50.3 Å². The minimum atomic E-state index is -0.214. The van der Waals surface area contributed by atoms with Gasteiger partial charge in [-0.3, -0.25) is 14.5 Å². The maximum Gasteiger partial charge on any atom is 0.261 e. The van der Waals surface area contributed by atoms with Gasteiger partial charge in [-0.2, -0.15) is 0 Å². The number of amides is 2. The number of fused-ring (bicyclic) bond motifs is 1. The Morgan fingerprint density at radius 2 is 1.64 bits per heavy atom. The lowest BCUT2D eigenvalue weighted by atomic mass is 10.1. The Labute approximate surface area is 147 Å². The standard InChI is InChI=1S/C20H22N2O3/c1-21(2)14-15-7-5-8-16(13-15)25-12-6-11-22-19(23)17-9-3-4-10-18(17)20(22)24/h3-5,7-10,13H,6,11-12,14H2,1-2H3. The first-order valence-corrected chi connectivity index (χ1v) is 8.38. The lowest BCUT2D eigenvalue weighted by Gasteiger charge is -2.14. The number of nitrogens with zero attached hydrogens (tertiary/aromatic N) is 2. The molecule has 2 aromatic carbocycles. The van der Waals surface area contributed by atoms with Crippen molar-refractivity contribution in [3.63, 3.8) is 0 Å². The van der Waals surface area contributed by atoms with Crippen LogP contribution in [-0.4, -0.2) is 48.9 Å². The third-order valence-electron chi connectivity index (χ3n) is 4.07. The van der Waals surface area contributed by atoms with Crippen molar-refractivity contribution in [3.05, 3.63) is 65.2 Å². The van der Waals surface area contributed by atoms with E-state index in [9.17, 15) is 9.59 Å². The van der Waals surface area contributed by atoms with Crippen LogP contribution in [0.15, 0.2) is 48.5 Å². The zero-order chi connectivity index (χ0) is 17.8. The highest BCUT2D eigenvalue weighted by Crippen LogP contribution is 2.22. The molecule has 1 aliphatic rings. The molecule has 3 rings (SSSR count). The van der Waals surface area contributed by atoms with E-state index in [1.165, 1.54) is 10.5 Å². The molecule has 0 fully saturated rings. The van der Waals surface area contributed by atoms with Gasteiger partial charge < -0.3 is 9.64 Å². The van der Waals surface area contributed by atoms with Crippen molar-refractivity contribution in [2.45, 2.75) is 13.0 Å². The average molecular weight is 338 g/mol. The van der Waals surface area contributed by atoms with Gasteiger partial charge in [0.2, 0.25) is 0 Å². The first kappa shape index (κ1) is 17.2. The second kappa shape index (κ2) is 7.49. The maximum absolute atomic E-state index is 12.3. The molecule has 0 N–H and O–H groups in total. The van der Waals surface area contributed by atoms with Gasteiger partial charge in [0, 0.05) is 13.1 Å². The first-order valence-electron chi connectivity index (χ1n) is 8.38.